The van der Waals surface area contributed by atoms with Gasteiger partial charge < -0.3 is 5.02 Å². The topological polar surface area (TPSA) is 20.2 Å². The van der Waals surface area contributed by atoms with E-state index in [0.29, 0.717) is 0 Å². The Morgan fingerprint density at radius 3 is 1.90 bits per heavy atom. The van der Waals surface area contributed by atoms with Gasteiger partial charge in [0.2, 0.25) is 0 Å². The predicted molar refractivity (Wildman–Crippen MR) is 45.4 cm³/mol. The van der Waals surface area contributed by atoms with Crippen LogP contribution in [0.15, 0.2) is 30.3 Å². The quantitative estimate of drug-likeness (QED) is 0.568. The zero-order chi connectivity index (χ0) is 7.82. The summed E-state index contributed by atoms with van der Waals surface area (Å²) in [7, 11) is 1.08. The molecule has 1 N–H and O–H groups in total. The number of hydrogen-bond donors (Lipinski definition) is 1. The maximum atomic E-state index is 8.41. The van der Waals surface area contributed by atoms with Crippen molar-refractivity contribution in [1.29, 1.82) is 0 Å². The van der Waals surface area contributed by atoms with E-state index in [1.165, 1.54) is 0 Å². The summed E-state index contributed by atoms with van der Waals surface area (Å²) in [6.07, 6.45) is 0. The minimum absolute atomic E-state index is 0.840. The zero-order valence-electron chi connectivity index (χ0n) is 6.41. The monoisotopic (exact) mass is 135 g/mol. The highest BCUT2D eigenvalue weighted by molar-refractivity contribution is 6.45. The highest BCUT2D eigenvalue weighted by Crippen LogP contribution is 1.78. The molecule has 0 bridgehead atoms. The van der Waals surface area contributed by atoms with Crippen LogP contribution < -0.4 is 5.46 Å². The van der Waals surface area contributed by atoms with Gasteiger partial charge in [-0.15, -0.1) is 0 Å². The Kier molecular flexibility index (Phi) is 5.89. The maximum Gasteiger partial charge on any atom is 0.326 e. The molecule has 53 valence electrons. The van der Waals surface area contributed by atoms with Crippen molar-refractivity contribution in [2.75, 3.05) is 0 Å². The van der Waals surface area contributed by atoms with Crippen molar-refractivity contribution >= 4 is 12.9 Å². The van der Waals surface area contributed by atoms with Gasteiger partial charge in [0.25, 0.3) is 0 Å². The van der Waals surface area contributed by atoms with Gasteiger partial charge in [-0.1, -0.05) is 49.6 Å². The SMILES string of the molecule is CC.O[B]c1ccccc1. The van der Waals surface area contributed by atoms with Crippen LogP contribution in [-0.2, 0) is 0 Å². The van der Waals surface area contributed by atoms with Gasteiger partial charge in [-0.2, -0.15) is 0 Å². The van der Waals surface area contributed by atoms with Crippen LogP contribution in [-0.4, -0.2) is 12.5 Å². The molecule has 1 rings (SSSR count). The average molecular weight is 135 g/mol. The van der Waals surface area contributed by atoms with E-state index in [1.807, 2.05) is 44.2 Å². The third-order valence-electron chi connectivity index (χ3n) is 0.949. The standard InChI is InChI=1S/C6H6BO.C2H6/c8-7-6-4-2-1-3-5-6;1-2/h1-5,8H;1-2H3. The Morgan fingerprint density at radius 1 is 1.10 bits per heavy atom. The van der Waals surface area contributed by atoms with Crippen LogP contribution in [0, 0.1) is 0 Å². The summed E-state index contributed by atoms with van der Waals surface area (Å²) in [6.45, 7) is 4.00. The molecule has 0 aliphatic carbocycles. The number of benzene rings is 1. The third-order valence-corrected chi connectivity index (χ3v) is 0.949. The first-order valence-corrected chi connectivity index (χ1v) is 3.46. The molecule has 0 atom stereocenters. The van der Waals surface area contributed by atoms with E-state index in [2.05, 4.69) is 0 Å². The van der Waals surface area contributed by atoms with E-state index in [0.717, 1.165) is 12.9 Å². The normalized spacial score (nSPS) is 7.50. The lowest BCUT2D eigenvalue weighted by Gasteiger charge is -1.86. The lowest BCUT2D eigenvalue weighted by Crippen LogP contribution is -2.11. The molecule has 2 heteroatoms. The lowest BCUT2D eigenvalue weighted by molar-refractivity contribution is 0.615. The van der Waals surface area contributed by atoms with Gasteiger partial charge in [-0.3, -0.25) is 0 Å². The molecular weight excluding hydrogens is 123 g/mol. The van der Waals surface area contributed by atoms with Gasteiger partial charge >= 0.3 is 7.48 Å². The number of rotatable bonds is 1. The van der Waals surface area contributed by atoms with Crippen molar-refractivity contribution < 1.29 is 5.02 Å². The van der Waals surface area contributed by atoms with Crippen molar-refractivity contribution in [3.8, 4) is 0 Å². The first-order valence-electron chi connectivity index (χ1n) is 3.46. The summed E-state index contributed by atoms with van der Waals surface area (Å²) in [6, 6.07) is 9.33. The Morgan fingerprint density at radius 2 is 1.60 bits per heavy atom. The molecule has 0 amide bonds. The van der Waals surface area contributed by atoms with Crippen LogP contribution in [0.4, 0.5) is 0 Å². The van der Waals surface area contributed by atoms with Crippen LogP contribution in [0.1, 0.15) is 13.8 Å². The van der Waals surface area contributed by atoms with Crippen molar-refractivity contribution in [1.82, 2.24) is 0 Å². The summed E-state index contributed by atoms with van der Waals surface area (Å²) in [5, 5.41) is 8.41. The second-order valence-corrected chi connectivity index (χ2v) is 1.54. The van der Waals surface area contributed by atoms with E-state index in [9.17, 15) is 0 Å². The Bertz CT molecular complexity index is 151. The molecule has 0 aliphatic heterocycles. The van der Waals surface area contributed by atoms with Crippen molar-refractivity contribution in [3.63, 3.8) is 0 Å². The molecular formula is C8H12BO. The van der Waals surface area contributed by atoms with E-state index >= 15 is 0 Å². The molecule has 0 heterocycles. The first-order chi connectivity index (χ1) is 4.93. The van der Waals surface area contributed by atoms with Crippen LogP contribution in [0.5, 0.6) is 0 Å². The summed E-state index contributed by atoms with van der Waals surface area (Å²) >= 11 is 0. The van der Waals surface area contributed by atoms with Gasteiger partial charge in [-0.25, -0.2) is 0 Å². The van der Waals surface area contributed by atoms with Crippen LogP contribution in [0.2, 0.25) is 0 Å². The second-order valence-electron chi connectivity index (χ2n) is 1.54. The molecule has 0 saturated carbocycles. The summed E-state index contributed by atoms with van der Waals surface area (Å²) in [5.41, 5.74) is 0.840. The van der Waals surface area contributed by atoms with Gasteiger partial charge in [0.05, 0.1) is 0 Å². The van der Waals surface area contributed by atoms with Crippen molar-refractivity contribution in [3.05, 3.63) is 30.3 Å². The number of hydrogen-bond acceptors (Lipinski definition) is 1. The van der Waals surface area contributed by atoms with Gasteiger partial charge in [0.15, 0.2) is 0 Å². The minimum Gasteiger partial charge on any atom is -0.450 e. The van der Waals surface area contributed by atoms with Crippen molar-refractivity contribution in [2.24, 2.45) is 0 Å². The Hall–Kier alpha value is -0.755. The van der Waals surface area contributed by atoms with Crippen molar-refractivity contribution in [2.45, 2.75) is 13.8 Å². The molecule has 1 radical (unpaired) electrons. The molecule has 0 aromatic heterocycles. The van der Waals surface area contributed by atoms with Gasteiger partial charge in [0.1, 0.15) is 0 Å². The summed E-state index contributed by atoms with van der Waals surface area (Å²) in [4.78, 5) is 0. The van der Waals surface area contributed by atoms with Crippen LogP contribution >= 0.6 is 0 Å². The fourth-order valence-electron chi connectivity index (χ4n) is 0.539. The fraction of sp³-hybridized carbons (Fsp3) is 0.250. The van der Waals surface area contributed by atoms with E-state index in [-0.39, 0.29) is 0 Å². The maximum absolute atomic E-state index is 8.41. The molecule has 0 aliphatic rings. The van der Waals surface area contributed by atoms with E-state index in [1.54, 1.807) is 0 Å². The van der Waals surface area contributed by atoms with Gasteiger partial charge in [-0.05, 0) is 0 Å². The highest BCUT2D eigenvalue weighted by Gasteiger charge is 1.85. The van der Waals surface area contributed by atoms with Gasteiger partial charge in [0, 0.05) is 0 Å². The molecule has 1 aromatic rings. The Labute approximate surface area is 63.0 Å². The zero-order valence-corrected chi connectivity index (χ0v) is 6.41. The molecule has 10 heavy (non-hydrogen) atoms. The molecule has 0 unspecified atom stereocenters. The lowest BCUT2D eigenvalue weighted by atomic mass is 9.89. The van der Waals surface area contributed by atoms with E-state index in [4.69, 9.17) is 5.02 Å². The van der Waals surface area contributed by atoms with E-state index < -0.39 is 0 Å². The largest absolute Gasteiger partial charge is 0.450 e. The first kappa shape index (κ1) is 9.24. The summed E-state index contributed by atoms with van der Waals surface area (Å²) in [5.74, 6) is 0. The molecule has 1 aromatic carbocycles. The predicted octanol–water partition coefficient (Wildman–Crippen LogP) is 0.950. The average Bonchev–Trinajstić information content (AvgIpc) is 2.10. The molecule has 1 nitrogen and oxygen atoms in total. The fourth-order valence-corrected chi connectivity index (χ4v) is 0.539. The van der Waals surface area contributed by atoms with Crippen LogP contribution in [0.25, 0.3) is 0 Å². The highest BCUT2D eigenvalue weighted by atomic mass is 16.2. The molecule has 0 saturated heterocycles. The third kappa shape index (κ3) is 3.31. The minimum atomic E-state index is 0.840. The second kappa shape index (κ2) is 6.37. The Balaban J connectivity index is 0.000000371. The smallest absolute Gasteiger partial charge is 0.326 e. The molecule has 0 spiro atoms. The summed E-state index contributed by atoms with van der Waals surface area (Å²) < 4.78 is 0. The van der Waals surface area contributed by atoms with Crippen LogP contribution in [0.3, 0.4) is 0 Å². The molecule has 0 fully saturated rings.